The third-order valence-corrected chi connectivity index (χ3v) is 3.38. The fraction of sp³-hybridized carbons (Fsp3) is 0.462. The summed E-state index contributed by atoms with van der Waals surface area (Å²) in [6.45, 7) is 4.26. The van der Waals surface area contributed by atoms with Crippen LogP contribution in [0.5, 0.6) is 0 Å². The molecule has 0 aliphatic carbocycles. The van der Waals surface area contributed by atoms with Gasteiger partial charge in [-0.2, -0.15) is 0 Å². The van der Waals surface area contributed by atoms with Crippen LogP contribution in [0, 0.1) is 17.7 Å². The molecular weight excluding hydrogens is 221 g/mol. The van der Waals surface area contributed by atoms with Crippen LogP contribution in [0.25, 0.3) is 0 Å². The molecule has 2 N–H and O–H groups in total. The molecule has 0 saturated heterocycles. The van der Waals surface area contributed by atoms with E-state index in [1.807, 2.05) is 13.8 Å². The van der Waals surface area contributed by atoms with Crippen molar-refractivity contribution in [3.05, 3.63) is 29.6 Å². The Kier molecular flexibility index (Phi) is 3.05. The highest BCUT2D eigenvalue weighted by Gasteiger charge is 2.37. The van der Waals surface area contributed by atoms with E-state index in [9.17, 15) is 14.3 Å². The highest BCUT2D eigenvalue weighted by molar-refractivity contribution is 5.74. The molecule has 3 nitrogen and oxygen atoms in total. The van der Waals surface area contributed by atoms with Gasteiger partial charge < -0.3 is 10.4 Å². The topological polar surface area (TPSA) is 49.3 Å². The summed E-state index contributed by atoms with van der Waals surface area (Å²) in [4.78, 5) is 11.3. The molecule has 1 aromatic carbocycles. The average molecular weight is 237 g/mol. The normalized spacial score (nSPS) is 19.9. The van der Waals surface area contributed by atoms with Gasteiger partial charge in [0.15, 0.2) is 0 Å². The van der Waals surface area contributed by atoms with Crippen molar-refractivity contribution in [3.63, 3.8) is 0 Å². The quantitative estimate of drug-likeness (QED) is 0.849. The number of rotatable bonds is 3. The molecule has 1 aliphatic heterocycles. The molecule has 4 heteroatoms. The number of carbonyl (C=O) groups is 1. The van der Waals surface area contributed by atoms with Gasteiger partial charge in [-0.15, -0.1) is 0 Å². The van der Waals surface area contributed by atoms with Crippen molar-refractivity contribution in [2.45, 2.75) is 19.8 Å². The minimum atomic E-state index is -0.816. The van der Waals surface area contributed by atoms with Gasteiger partial charge in [0, 0.05) is 12.5 Å². The first kappa shape index (κ1) is 11.9. The van der Waals surface area contributed by atoms with Gasteiger partial charge in [0.2, 0.25) is 0 Å². The molecule has 2 unspecified atom stereocenters. The number of anilines is 1. The highest BCUT2D eigenvalue weighted by atomic mass is 19.1. The molecule has 0 aromatic heterocycles. The summed E-state index contributed by atoms with van der Waals surface area (Å²) in [5, 5.41) is 12.2. The van der Waals surface area contributed by atoms with E-state index in [0.29, 0.717) is 12.2 Å². The lowest BCUT2D eigenvalue weighted by atomic mass is 9.80. The fourth-order valence-corrected chi connectivity index (χ4v) is 2.60. The zero-order chi connectivity index (χ0) is 12.6. The number of hydrogen-bond acceptors (Lipinski definition) is 2. The van der Waals surface area contributed by atoms with Crippen molar-refractivity contribution >= 4 is 11.7 Å². The van der Waals surface area contributed by atoms with Crippen molar-refractivity contribution in [1.29, 1.82) is 0 Å². The van der Waals surface area contributed by atoms with E-state index >= 15 is 0 Å². The van der Waals surface area contributed by atoms with Crippen LogP contribution in [-0.4, -0.2) is 17.6 Å². The summed E-state index contributed by atoms with van der Waals surface area (Å²) < 4.78 is 13.5. The Morgan fingerprint density at radius 1 is 1.53 bits per heavy atom. The molecule has 0 radical (unpaired) electrons. The van der Waals surface area contributed by atoms with Crippen LogP contribution in [0.4, 0.5) is 10.1 Å². The maximum Gasteiger partial charge on any atom is 0.307 e. The molecule has 0 saturated carbocycles. The third kappa shape index (κ3) is 1.99. The second-order valence-electron chi connectivity index (χ2n) is 4.80. The second kappa shape index (κ2) is 4.35. The first-order valence-electron chi connectivity index (χ1n) is 5.77. The lowest BCUT2D eigenvalue weighted by Crippen LogP contribution is -2.28. The number of carboxylic acid groups (broad SMARTS) is 1. The lowest BCUT2D eigenvalue weighted by molar-refractivity contribution is -0.144. The molecule has 0 amide bonds. The van der Waals surface area contributed by atoms with Crippen LogP contribution >= 0.6 is 0 Å². The van der Waals surface area contributed by atoms with Gasteiger partial charge in [0.05, 0.1) is 11.6 Å². The number of carboxylic acids is 1. The molecule has 0 fully saturated rings. The Labute approximate surface area is 99.7 Å². The number of benzene rings is 1. The van der Waals surface area contributed by atoms with Gasteiger partial charge in [0.25, 0.3) is 0 Å². The number of halogens is 1. The van der Waals surface area contributed by atoms with E-state index in [0.717, 1.165) is 5.56 Å². The smallest absolute Gasteiger partial charge is 0.307 e. The Morgan fingerprint density at radius 3 is 2.82 bits per heavy atom. The molecule has 0 bridgehead atoms. The van der Waals surface area contributed by atoms with E-state index in [1.54, 1.807) is 12.1 Å². The molecule has 1 aliphatic rings. The summed E-state index contributed by atoms with van der Waals surface area (Å²) >= 11 is 0. The summed E-state index contributed by atoms with van der Waals surface area (Å²) in [6, 6.07) is 4.83. The van der Waals surface area contributed by atoms with E-state index in [2.05, 4.69) is 5.32 Å². The van der Waals surface area contributed by atoms with Gasteiger partial charge in [-0.1, -0.05) is 26.0 Å². The number of nitrogens with one attached hydrogen (secondary N) is 1. The van der Waals surface area contributed by atoms with Crippen LogP contribution in [0.3, 0.4) is 0 Å². The van der Waals surface area contributed by atoms with E-state index in [1.165, 1.54) is 6.07 Å². The monoisotopic (exact) mass is 237 g/mol. The molecule has 2 rings (SSSR count). The fourth-order valence-electron chi connectivity index (χ4n) is 2.60. The largest absolute Gasteiger partial charge is 0.481 e. The Balaban J connectivity index is 2.39. The van der Waals surface area contributed by atoms with E-state index in [4.69, 9.17) is 0 Å². The third-order valence-electron chi connectivity index (χ3n) is 3.38. The van der Waals surface area contributed by atoms with Crippen molar-refractivity contribution in [2.75, 3.05) is 11.9 Å². The van der Waals surface area contributed by atoms with Crippen molar-refractivity contribution < 1.29 is 14.3 Å². The summed E-state index contributed by atoms with van der Waals surface area (Å²) in [5.74, 6) is -1.74. The molecule has 1 heterocycles. The Bertz CT molecular complexity index is 445. The van der Waals surface area contributed by atoms with Gasteiger partial charge in [-0.3, -0.25) is 4.79 Å². The molecule has 1 aromatic rings. The molecular formula is C13H16FNO2. The maximum atomic E-state index is 13.5. The maximum absolute atomic E-state index is 13.5. The average Bonchev–Trinajstić information content (AvgIpc) is 2.63. The van der Waals surface area contributed by atoms with Crippen LogP contribution in [0.1, 0.15) is 25.3 Å². The second-order valence-corrected chi connectivity index (χ2v) is 4.80. The van der Waals surface area contributed by atoms with Gasteiger partial charge in [-0.25, -0.2) is 4.39 Å². The zero-order valence-electron chi connectivity index (χ0n) is 9.90. The zero-order valence-corrected chi connectivity index (χ0v) is 9.90. The SMILES string of the molecule is CC(C)C(C(=O)O)C1CNc2c(F)cccc21. The molecule has 92 valence electrons. The predicted octanol–water partition coefficient (Wildman–Crippen LogP) is 2.69. The van der Waals surface area contributed by atoms with Crippen molar-refractivity contribution in [2.24, 2.45) is 11.8 Å². The van der Waals surface area contributed by atoms with Crippen LogP contribution in [0.2, 0.25) is 0 Å². The molecule has 17 heavy (non-hydrogen) atoms. The highest BCUT2D eigenvalue weighted by Crippen LogP contribution is 2.40. The minimum Gasteiger partial charge on any atom is -0.481 e. The van der Waals surface area contributed by atoms with Crippen LogP contribution in [-0.2, 0) is 4.79 Å². The van der Waals surface area contributed by atoms with Crippen molar-refractivity contribution in [1.82, 2.24) is 0 Å². The van der Waals surface area contributed by atoms with Gasteiger partial charge in [0.1, 0.15) is 5.82 Å². The summed E-state index contributed by atoms with van der Waals surface area (Å²) in [5.41, 5.74) is 1.25. The van der Waals surface area contributed by atoms with Gasteiger partial charge in [-0.05, 0) is 17.5 Å². The van der Waals surface area contributed by atoms with Crippen molar-refractivity contribution in [3.8, 4) is 0 Å². The van der Waals surface area contributed by atoms with Crippen LogP contribution < -0.4 is 5.32 Å². The molecule has 2 atom stereocenters. The first-order chi connectivity index (χ1) is 8.02. The van der Waals surface area contributed by atoms with Crippen LogP contribution in [0.15, 0.2) is 18.2 Å². The lowest BCUT2D eigenvalue weighted by Gasteiger charge is -2.23. The predicted molar refractivity (Wildman–Crippen MR) is 63.6 cm³/mol. The Hall–Kier alpha value is -1.58. The number of fused-ring (bicyclic) bond motifs is 1. The van der Waals surface area contributed by atoms with E-state index < -0.39 is 11.9 Å². The number of hydrogen-bond donors (Lipinski definition) is 2. The Morgan fingerprint density at radius 2 is 2.24 bits per heavy atom. The summed E-state index contributed by atoms with van der Waals surface area (Å²) in [7, 11) is 0. The number of aliphatic carboxylic acids is 1. The minimum absolute atomic E-state index is 0.0218. The van der Waals surface area contributed by atoms with E-state index in [-0.39, 0.29) is 17.7 Å². The standard InChI is InChI=1S/C13H16FNO2/c1-7(2)11(13(16)17)9-6-15-12-8(9)4-3-5-10(12)14/h3-5,7,9,11,15H,6H2,1-2H3,(H,16,17). The summed E-state index contributed by atoms with van der Waals surface area (Å²) in [6.07, 6.45) is 0. The molecule has 0 spiro atoms. The first-order valence-corrected chi connectivity index (χ1v) is 5.77. The van der Waals surface area contributed by atoms with Gasteiger partial charge >= 0.3 is 5.97 Å². The number of para-hydroxylation sites is 1.